The monoisotopic (exact) mass is 386 g/mol. The second kappa shape index (κ2) is 8.22. The molecule has 2 aromatic heterocycles. The largest absolute Gasteiger partial charge is 0.291 e. The molecule has 0 radical (unpaired) electrons. The van der Waals surface area contributed by atoms with Crippen molar-refractivity contribution in [1.82, 2.24) is 25.2 Å². The lowest BCUT2D eigenvalue weighted by atomic mass is 10.1. The van der Waals surface area contributed by atoms with E-state index in [1.165, 1.54) is 36.9 Å². The van der Waals surface area contributed by atoms with Crippen LogP contribution in [0.5, 0.6) is 0 Å². The molecule has 0 spiro atoms. The fourth-order valence-electron chi connectivity index (χ4n) is 2.66. The van der Waals surface area contributed by atoms with Crippen LogP contribution in [0.1, 0.15) is 16.1 Å². The van der Waals surface area contributed by atoms with Gasteiger partial charge >= 0.3 is 0 Å². The highest BCUT2D eigenvalue weighted by atomic mass is 19.1. The van der Waals surface area contributed by atoms with Gasteiger partial charge in [0.1, 0.15) is 17.2 Å². The topological polar surface area (TPSA) is 85.1 Å². The summed E-state index contributed by atoms with van der Waals surface area (Å²) in [5.74, 6) is -0.809. The molecule has 0 saturated heterocycles. The summed E-state index contributed by atoms with van der Waals surface area (Å²) in [5, 5.41) is 8.61. The molecule has 0 fully saturated rings. The number of rotatable bonds is 5. The van der Waals surface area contributed by atoms with Gasteiger partial charge in [-0.2, -0.15) is 10.2 Å². The highest BCUT2D eigenvalue weighted by Crippen LogP contribution is 2.23. The summed E-state index contributed by atoms with van der Waals surface area (Å²) in [5.41, 5.74) is 5.41. The Morgan fingerprint density at radius 1 is 1.07 bits per heavy atom. The molecule has 4 aromatic rings. The fourth-order valence-corrected chi connectivity index (χ4v) is 2.66. The number of para-hydroxylation sites is 1. The lowest BCUT2D eigenvalue weighted by molar-refractivity contribution is 0.0949. The van der Waals surface area contributed by atoms with Gasteiger partial charge in [0, 0.05) is 29.7 Å². The number of nitrogens with zero attached hydrogens (tertiary/aromatic N) is 5. The predicted octanol–water partition coefficient (Wildman–Crippen LogP) is 3.23. The van der Waals surface area contributed by atoms with E-state index < -0.39 is 5.91 Å². The Bertz CT molecular complexity index is 1140. The molecule has 0 bridgehead atoms. The normalized spacial score (nSPS) is 10.9. The van der Waals surface area contributed by atoms with E-state index in [-0.39, 0.29) is 11.5 Å². The number of hydrogen-bond acceptors (Lipinski definition) is 5. The second-order valence-electron chi connectivity index (χ2n) is 6.01. The summed E-state index contributed by atoms with van der Waals surface area (Å²) in [6.07, 6.45) is 7.52. The van der Waals surface area contributed by atoms with Crippen LogP contribution in [0.4, 0.5) is 4.39 Å². The molecule has 0 aliphatic rings. The van der Waals surface area contributed by atoms with E-state index in [1.807, 2.05) is 30.3 Å². The minimum atomic E-state index is -0.479. The summed E-state index contributed by atoms with van der Waals surface area (Å²) in [7, 11) is 0. The highest BCUT2D eigenvalue weighted by Gasteiger charge is 2.12. The molecule has 1 N–H and O–H groups in total. The van der Waals surface area contributed by atoms with Crippen molar-refractivity contribution in [1.29, 1.82) is 0 Å². The van der Waals surface area contributed by atoms with Gasteiger partial charge < -0.3 is 0 Å². The molecule has 0 saturated carbocycles. The molecule has 8 heteroatoms. The van der Waals surface area contributed by atoms with E-state index in [4.69, 9.17) is 0 Å². The number of amides is 1. The molecule has 0 aliphatic carbocycles. The highest BCUT2D eigenvalue weighted by molar-refractivity contribution is 5.94. The molecule has 4 rings (SSSR count). The number of nitrogens with one attached hydrogen (secondary N) is 1. The van der Waals surface area contributed by atoms with E-state index in [1.54, 1.807) is 23.0 Å². The fraction of sp³-hybridized carbons (Fsp3) is 0. The average Bonchev–Trinajstić information content (AvgIpc) is 3.19. The lowest BCUT2D eigenvalue weighted by Gasteiger charge is -2.00. The van der Waals surface area contributed by atoms with Crippen LogP contribution in [0.25, 0.3) is 16.9 Å². The zero-order chi connectivity index (χ0) is 20.1. The first-order valence-electron chi connectivity index (χ1n) is 8.71. The van der Waals surface area contributed by atoms with E-state index in [0.717, 1.165) is 11.3 Å². The van der Waals surface area contributed by atoms with Crippen LogP contribution in [0, 0.1) is 5.82 Å². The Balaban J connectivity index is 1.64. The van der Waals surface area contributed by atoms with Crippen LogP contribution < -0.4 is 5.43 Å². The Kier molecular flexibility index (Phi) is 5.15. The Labute approximate surface area is 165 Å². The summed E-state index contributed by atoms with van der Waals surface area (Å²) in [4.78, 5) is 19.8. The van der Waals surface area contributed by atoms with Crippen LogP contribution in [0.15, 0.2) is 84.5 Å². The van der Waals surface area contributed by atoms with Crippen LogP contribution in [-0.4, -0.2) is 31.9 Å². The third-order valence-corrected chi connectivity index (χ3v) is 4.05. The van der Waals surface area contributed by atoms with Gasteiger partial charge in [-0.05, 0) is 36.4 Å². The maximum Gasteiger partial charge on any atom is 0.291 e. The van der Waals surface area contributed by atoms with Gasteiger partial charge in [0.25, 0.3) is 5.91 Å². The molecular formula is C21H15FN6O. The Hall–Kier alpha value is -4.20. The molecule has 0 aliphatic heterocycles. The standard InChI is InChI=1S/C21H15FN6O/c22-17-8-6-15(7-9-17)20-16(14-28(27-20)18-4-2-1-3-5-18)12-25-26-21(29)19-13-23-10-11-24-19/h1-14H,(H,26,29). The average molecular weight is 386 g/mol. The van der Waals surface area contributed by atoms with Crippen molar-refractivity contribution in [2.45, 2.75) is 0 Å². The Morgan fingerprint density at radius 3 is 2.59 bits per heavy atom. The van der Waals surface area contributed by atoms with Gasteiger partial charge in [-0.3, -0.25) is 9.78 Å². The predicted molar refractivity (Wildman–Crippen MR) is 106 cm³/mol. The van der Waals surface area contributed by atoms with Gasteiger partial charge in [0.15, 0.2) is 0 Å². The molecule has 2 aromatic carbocycles. The van der Waals surface area contributed by atoms with Crippen molar-refractivity contribution in [2.75, 3.05) is 0 Å². The van der Waals surface area contributed by atoms with Crippen molar-refractivity contribution in [3.05, 3.63) is 96.5 Å². The van der Waals surface area contributed by atoms with Crippen LogP contribution in [-0.2, 0) is 0 Å². The van der Waals surface area contributed by atoms with Gasteiger partial charge in [-0.25, -0.2) is 19.5 Å². The van der Waals surface area contributed by atoms with Gasteiger partial charge in [0.2, 0.25) is 0 Å². The first-order valence-corrected chi connectivity index (χ1v) is 8.71. The van der Waals surface area contributed by atoms with Crippen molar-refractivity contribution in [3.63, 3.8) is 0 Å². The lowest BCUT2D eigenvalue weighted by Crippen LogP contribution is -2.19. The first kappa shape index (κ1) is 18.2. The number of hydrazone groups is 1. The van der Waals surface area contributed by atoms with E-state index >= 15 is 0 Å². The third-order valence-electron chi connectivity index (χ3n) is 4.05. The number of carbonyl (C=O) groups is 1. The molecule has 0 unspecified atom stereocenters. The minimum Gasteiger partial charge on any atom is -0.265 e. The quantitative estimate of drug-likeness (QED) is 0.422. The second-order valence-corrected chi connectivity index (χ2v) is 6.01. The maximum absolute atomic E-state index is 13.3. The number of benzene rings is 2. The Morgan fingerprint density at radius 2 is 1.86 bits per heavy atom. The van der Waals surface area contributed by atoms with Crippen molar-refractivity contribution < 1.29 is 9.18 Å². The van der Waals surface area contributed by atoms with Crippen LogP contribution >= 0.6 is 0 Å². The molecule has 0 atom stereocenters. The summed E-state index contributed by atoms with van der Waals surface area (Å²) in [6, 6.07) is 15.6. The van der Waals surface area contributed by atoms with E-state index in [0.29, 0.717) is 11.3 Å². The summed E-state index contributed by atoms with van der Waals surface area (Å²) < 4.78 is 15.0. The molecule has 7 nitrogen and oxygen atoms in total. The van der Waals surface area contributed by atoms with Crippen molar-refractivity contribution in [3.8, 4) is 16.9 Å². The molecular weight excluding hydrogens is 371 g/mol. The zero-order valence-corrected chi connectivity index (χ0v) is 15.1. The molecule has 142 valence electrons. The minimum absolute atomic E-state index is 0.156. The van der Waals surface area contributed by atoms with Crippen LogP contribution in [0.3, 0.4) is 0 Å². The van der Waals surface area contributed by atoms with Gasteiger partial charge in [0.05, 0.1) is 18.1 Å². The molecule has 29 heavy (non-hydrogen) atoms. The van der Waals surface area contributed by atoms with Gasteiger partial charge in [-0.1, -0.05) is 18.2 Å². The summed E-state index contributed by atoms with van der Waals surface area (Å²) >= 11 is 0. The van der Waals surface area contributed by atoms with Crippen molar-refractivity contribution >= 4 is 12.1 Å². The third kappa shape index (κ3) is 4.22. The SMILES string of the molecule is O=C(NN=Cc1cn(-c2ccccc2)nc1-c1ccc(F)cc1)c1cnccn1. The number of aromatic nitrogens is 4. The molecule has 1 amide bonds. The first-order chi connectivity index (χ1) is 14.2. The van der Waals surface area contributed by atoms with Crippen LogP contribution in [0.2, 0.25) is 0 Å². The number of hydrogen-bond donors (Lipinski definition) is 1. The number of halogens is 1. The van der Waals surface area contributed by atoms with E-state index in [2.05, 4.69) is 25.6 Å². The van der Waals surface area contributed by atoms with Crippen molar-refractivity contribution in [2.24, 2.45) is 5.10 Å². The number of carbonyl (C=O) groups excluding carboxylic acids is 1. The van der Waals surface area contributed by atoms with Gasteiger partial charge in [-0.15, -0.1) is 0 Å². The molecule has 2 heterocycles. The zero-order valence-electron chi connectivity index (χ0n) is 15.1. The van der Waals surface area contributed by atoms with E-state index in [9.17, 15) is 9.18 Å². The summed E-state index contributed by atoms with van der Waals surface area (Å²) in [6.45, 7) is 0. The smallest absolute Gasteiger partial charge is 0.265 e. The maximum atomic E-state index is 13.3.